The second-order valence-corrected chi connectivity index (χ2v) is 8.06. The number of hydrogen-bond donors (Lipinski definition) is 0. The van der Waals surface area contributed by atoms with Gasteiger partial charge in [0.05, 0.1) is 10.4 Å². The molecule has 0 unspecified atom stereocenters. The number of halogens is 1. The summed E-state index contributed by atoms with van der Waals surface area (Å²) in [5, 5.41) is 0. The first-order valence-corrected chi connectivity index (χ1v) is 9.51. The van der Waals surface area contributed by atoms with E-state index in [1.807, 2.05) is 6.07 Å². The molecule has 1 aromatic carbocycles. The van der Waals surface area contributed by atoms with Crippen molar-refractivity contribution in [3.8, 4) is 0 Å². The number of aromatic nitrogens is 2. The Morgan fingerprint density at radius 3 is 2.62 bits per heavy atom. The summed E-state index contributed by atoms with van der Waals surface area (Å²) in [6.45, 7) is 5.16. The van der Waals surface area contributed by atoms with Crippen LogP contribution in [0.25, 0.3) is 11.0 Å². The molecule has 0 spiro atoms. The first-order valence-electron chi connectivity index (χ1n) is 7.08. The van der Waals surface area contributed by atoms with E-state index in [2.05, 4.69) is 23.4 Å². The highest BCUT2D eigenvalue weighted by Gasteiger charge is 2.18. The molecule has 0 radical (unpaired) electrons. The predicted octanol–water partition coefficient (Wildman–Crippen LogP) is 3.27. The van der Waals surface area contributed by atoms with E-state index in [4.69, 9.17) is 11.6 Å². The summed E-state index contributed by atoms with van der Waals surface area (Å²) in [6, 6.07) is 5.31. The number of benzene rings is 1. The van der Waals surface area contributed by atoms with Gasteiger partial charge in [0.15, 0.2) is 9.84 Å². The molecule has 0 amide bonds. The molecule has 0 aliphatic rings. The number of hydrogen-bond acceptors (Lipinski definition) is 3. The van der Waals surface area contributed by atoms with E-state index >= 15 is 0 Å². The maximum atomic E-state index is 11.9. The molecule has 0 saturated carbocycles. The molecular weight excluding hydrogens is 308 g/mol. The third-order valence-electron chi connectivity index (χ3n) is 3.47. The second kappa shape index (κ2) is 6.36. The summed E-state index contributed by atoms with van der Waals surface area (Å²) in [5.41, 5.74) is 1.43. The van der Waals surface area contributed by atoms with Crippen LogP contribution in [0.15, 0.2) is 23.1 Å². The highest BCUT2D eigenvalue weighted by atomic mass is 35.5. The molecular formula is C15H21ClN2O2S. The van der Waals surface area contributed by atoms with E-state index in [1.165, 1.54) is 6.26 Å². The molecule has 0 fully saturated rings. The van der Waals surface area contributed by atoms with Crippen molar-refractivity contribution in [2.24, 2.45) is 5.92 Å². The van der Waals surface area contributed by atoms with Gasteiger partial charge in [0.25, 0.3) is 0 Å². The number of imidazole rings is 1. The van der Waals surface area contributed by atoms with E-state index in [9.17, 15) is 8.42 Å². The lowest BCUT2D eigenvalue weighted by Gasteiger charge is -2.10. The van der Waals surface area contributed by atoms with Crippen molar-refractivity contribution in [1.29, 1.82) is 0 Å². The van der Waals surface area contributed by atoms with Gasteiger partial charge in [0.2, 0.25) is 0 Å². The van der Waals surface area contributed by atoms with Gasteiger partial charge < -0.3 is 4.57 Å². The van der Waals surface area contributed by atoms with E-state index in [0.717, 1.165) is 24.3 Å². The molecule has 2 rings (SSSR count). The minimum absolute atomic E-state index is 0.291. The zero-order valence-electron chi connectivity index (χ0n) is 12.6. The van der Waals surface area contributed by atoms with Crippen LogP contribution in [-0.4, -0.2) is 30.1 Å². The Balaban J connectivity index is 2.62. The lowest BCUT2D eigenvalue weighted by molar-refractivity contribution is 0.513. The van der Waals surface area contributed by atoms with E-state index < -0.39 is 9.84 Å². The van der Waals surface area contributed by atoms with Crippen molar-refractivity contribution in [3.05, 3.63) is 24.0 Å². The third-order valence-corrected chi connectivity index (χ3v) is 4.79. The number of aryl methyl sites for hydroxylation is 2. The molecule has 2 aromatic rings. The van der Waals surface area contributed by atoms with Gasteiger partial charge in [-0.1, -0.05) is 19.9 Å². The lowest BCUT2D eigenvalue weighted by Crippen LogP contribution is -2.07. The maximum Gasteiger partial charge on any atom is 0.177 e. The SMILES string of the molecule is CC(C)CCn1c(CCCl)nc2c(S(C)(=O)=O)cccc21. The van der Waals surface area contributed by atoms with Crippen LogP contribution in [0.1, 0.15) is 26.1 Å². The number of nitrogens with zero attached hydrogens (tertiary/aromatic N) is 2. The highest BCUT2D eigenvalue weighted by Crippen LogP contribution is 2.25. The molecule has 0 atom stereocenters. The summed E-state index contributed by atoms with van der Waals surface area (Å²) in [7, 11) is -3.29. The van der Waals surface area contributed by atoms with Gasteiger partial charge in [0.1, 0.15) is 11.3 Å². The van der Waals surface area contributed by atoms with Crippen LogP contribution in [0.5, 0.6) is 0 Å². The number of sulfone groups is 1. The standard InChI is InChI=1S/C15H21ClN2O2S/c1-11(2)8-10-18-12-5-4-6-13(21(3,19)20)15(12)17-14(18)7-9-16/h4-6,11H,7-10H2,1-3H3. The monoisotopic (exact) mass is 328 g/mol. The van der Waals surface area contributed by atoms with Gasteiger partial charge in [-0.2, -0.15) is 0 Å². The lowest BCUT2D eigenvalue weighted by atomic mass is 10.1. The van der Waals surface area contributed by atoms with Crippen molar-refractivity contribution < 1.29 is 8.42 Å². The van der Waals surface area contributed by atoms with Gasteiger partial charge in [-0.15, -0.1) is 11.6 Å². The Bertz CT molecular complexity index is 735. The summed E-state index contributed by atoms with van der Waals surface area (Å²) in [5.74, 6) is 1.90. The number of rotatable bonds is 6. The summed E-state index contributed by atoms with van der Waals surface area (Å²) in [6.07, 6.45) is 2.87. The first kappa shape index (κ1) is 16.3. The molecule has 1 aromatic heterocycles. The van der Waals surface area contributed by atoms with E-state index in [-0.39, 0.29) is 0 Å². The Morgan fingerprint density at radius 2 is 2.05 bits per heavy atom. The average Bonchev–Trinajstić information content (AvgIpc) is 2.72. The Hall–Kier alpha value is -1.07. The molecule has 1 heterocycles. The fraction of sp³-hybridized carbons (Fsp3) is 0.533. The van der Waals surface area contributed by atoms with Crippen LogP contribution in [0.3, 0.4) is 0 Å². The van der Waals surface area contributed by atoms with Crippen LogP contribution < -0.4 is 0 Å². The topological polar surface area (TPSA) is 52.0 Å². The Labute approximate surface area is 131 Å². The third kappa shape index (κ3) is 3.58. The largest absolute Gasteiger partial charge is 0.328 e. The number of para-hydroxylation sites is 1. The predicted molar refractivity (Wildman–Crippen MR) is 86.7 cm³/mol. The van der Waals surface area contributed by atoms with Crippen molar-refractivity contribution in [3.63, 3.8) is 0 Å². The molecule has 0 saturated heterocycles. The van der Waals surface area contributed by atoms with Crippen molar-refractivity contribution in [1.82, 2.24) is 9.55 Å². The number of fused-ring (bicyclic) bond motifs is 1. The van der Waals surface area contributed by atoms with Gasteiger partial charge in [0, 0.05) is 25.1 Å². The van der Waals surface area contributed by atoms with Gasteiger partial charge in [-0.25, -0.2) is 13.4 Å². The molecule has 4 nitrogen and oxygen atoms in total. The molecule has 0 N–H and O–H groups in total. The first-order chi connectivity index (χ1) is 9.84. The van der Waals surface area contributed by atoms with E-state index in [1.54, 1.807) is 12.1 Å². The minimum Gasteiger partial charge on any atom is -0.328 e. The highest BCUT2D eigenvalue weighted by molar-refractivity contribution is 7.91. The van der Waals surface area contributed by atoms with Gasteiger partial charge in [-0.05, 0) is 24.5 Å². The van der Waals surface area contributed by atoms with Crippen molar-refractivity contribution in [2.45, 2.75) is 38.1 Å². The molecule has 6 heteroatoms. The normalized spacial score (nSPS) is 12.4. The summed E-state index contributed by atoms with van der Waals surface area (Å²) < 4.78 is 25.9. The van der Waals surface area contributed by atoms with Crippen molar-refractivity contribution >= 4 is 32.5 Å². The van der Waals surface area contributed by atoms with Crippen molar-refractivity contribution in [2.75, 3.05) is 12.1 Å². The van der Waals surface area contributed by atoms with Gasteiger partial charge >= 0.3 is 0 Å². The summed E-state index contributed by atoms with van der Waals surface area (Å²) in [4.78, 5) is 4.84. The molecule has 116 valence electrons. The Kier molecular flexibility index (Phi) is 4.94. The van der Waals surface area contributed by atoms with Gasteiger partial charge in [-0.3, -0.25) is 0 Å². The quantitative estimate of drug-likeness (QED) is 0.765. The Morgan fingerprint density at radius 1 is 1.33 bits per heavy atom. The molecule has 0 bridgehead atoms. The molecule has 0 aliphatic heterocycles. The zero-order valence-corrected chi connectivity index (χ0v) is 14.2. The van der Waals surface area contributed by atoms with Crippen LogP contribution in [0, 0.1) is 5.92 Å². The fourth-order valence-corrected chi connectivity index (χ4v) is 3.38. The van der Waals surface area contributed by atoms with Crippen LogP contribution in [-0.2, 0) is 22.8 Å². The van der Waals surface area contributed by atoms with Crippen LogP contribution >= 0.6 is 11.6 Å². The average molecular weight is 329 g/mol. The fourth-order valence-electron chi connectivity index (χ4n) is 2.38. The maximum absolute atomic E-state index is 11.9. The molecule has 0 aliphatic carbocycles. The molecule has 21 heavy (non-hydrogen) atoms. The minimum atomic E-state index is -3.29. The van der Waals surface area contributed by atoms with Crippen LogP contribution in [0.4, 0.5) is 0 Å². The van der Waals surface area contributed by atoms with Crippen LogP contribution in [0.2, 0.25) is 0 Å². The number of alkyl halides is 1. The smallest absolute Gasteiger partial charge is 0.177 e. The zero-order chi connectivity index (χ0) is 15.6. The second-order valence-electron chi connectivity index (χ2n) is 5.70. The van der Waals surface area contributed by atoms with E-state index in [0.29, 0.717) is 28.6 Å². The summed E-state index contributed by atoms with van der Waals surface area (Å²) >= 11 is 5.86.